The topological polar surface area (TPSA) is 57.6 Å². The van der Waals surface area contributed by atoms with E-state index in [-0.39, 0.29) is 11.4 Å². The molecule has 0 aromatic heterocycles. The van der Waals surface area contributed by atoms with Gasteiger partial charge in [-0.05, 0) is 12.0 Å². The van der Waals surface area contributed by atoms with E-state index < -0.39 is 23.1 Å². The van der Waals surface area contributed by atoms with Gasteiger partial charge in [0, 0.05) is 12.0 Å². The van der Waals surface area contributed by atoms with E-state index in [9.17, 15) is 14.7 Å². The van der Waals surface area contributed by atoms with Crippen LogP contribution in [0, 0.1) is 5.41 Å². The van der Waals surface area contributed by atoms with Gasteiger partial charge in [-0.15, -0.1) is 0 Å². The molecule has 4 heteroatoms. The van der Waals surface area contributed by atoms with E-state index in [1.807, 2.05) is 37.3 Å². The highest BCUT2D eigenvalue weighted by atomic mass is 16.3. The number of aliphatic hydroxyl groups is 1. The van der Waals surface area contributed by atoms with Crippen LogP contribution in [-0.4, -0.2) is 28.2 Å². The van der Waals surface area contributed by atoms with Crippen LogP contribution in [0.25, 0.3) is 0 Å². The van der Waals surface area contributed by atoms with E-state index in [0.29, 0.717) is 6.54 Å². The fourth-order valence-corrected chi connectivity index (χ4v) is 2.74. The van der Waals surface area contributed by atoms with Crippen molar-refractivity contribution < 1.29 is 14.7 Å². The number of benzene rings is 1. The number of carbonyl (C=O) groups is 2. The number of amides is 1. The molecule has 2 rings (SSSR count). The van der Waals surface area contributed by atoms with Crippen molar-refractivity contribution in [3.8, 4) is 0 Å². The lowest BCUT2D eigenvalue weighted by atomic mass is 9.82. The van der Waals surface area contributed by atoms with Gasteiger partial charge in [0.1, 0.15) is 0 Å². The summed E-state index contributed by atoms with van der Waals surface area (Å²) < 4.78 is 0. The fraction of sp³-hybridized carbons (Fsp3) is 0.444. The Morgan fingerprint density at radius 3 is 2.32 bits per heavy atom. The minimum atomic E-state index is -0.654. The molecule has 0 saturated carbocycles. The van der Waals surface area contributed by atoms with E-state index >= 15 is 0 Å². The third-order valence-electron chi connectivity index (χ3n) is 3.81. The van der Waals surface area contributed by atoms with Crippen LogP contribution >= 0.6 is 0 Å². The van der Waals surface area contributed by atoms with Crippen molar-refractivity contribution in [1.82, 2.24) is 4.90 Å². The lowest BCUT2D eigenvalue weighted by molar-refractivity contribution is -0.129. The van der Waals surface area contributed by atoms with Gasteiger partial charge < -0.3 is 10.0 Å². The molecule has 1 N–H and O–H groups in total. The van der Waals surface area contributed by atoms with Gasteiger partial charge in [-0.25, -0.2) is 0 Å². The first-order valence-electron chi connectivity index (χ1n) is 7.63. The summed E-state index contributed by atoms with van der Waals surface area (Å²) in [5.41, 5.74) is 0.414. The van der Waals surface area contributed by atoms with Gasteiger partial charge in [-0.3, -0.25) is 9.59 Å². The van der Waals surface area contributed by atoms with Crippen molar-refractivity contribution in [2.75, 3.05) is 6.54 Å². The Balaban J connectivity index is 2.56. The van der Waals surface area contributed by atoms with Crippen LogP contribution < -0.4 is 0 Å². The van der Waals surface area contributed by atoms with E-state index in [1.54, 1.807) is 25.7 Å². The maximum atomic E-state index is 12.8. The van der Waals surface area contributed by atoms with Crippen molar-refractivity contribution in [2.24, 2.45) is 5.41 Å². The molecule has 0 bridgehead atoms. The molecule has 118 valence electrons. The maximum Gasteiger partial charge on any atom is 0.290 e. The second-order valence-corrected chi connectivity index (χ2v) is 6.65. The van der Waals surface area contributed by atoms with Gasteiger partial charge in [0.05, 0.1) is 11.6 Å². The Morgan fingerprint density at radius 2 is 1.82 bits per heavy atom. The first kappa shape index (κ1) is 16.3. The molecule has 1 atom stereocenters. The first-order valence-corrected chi connectivity index (χ1v) is 7.63. The number of hydrogen-bond donors (Lipinski definition) is 1. The molecule has 0 spiro atoms. The monoisotopic (exact) mass is 301 g/mol. The van der Waals surface area contributed by atoms with Gasteiger partial charge in [-0.1, -0.05) is 58.0 Å². The van der Waals surface area contributed by atoms with E-state index in [2.05, 4.69) is 0 Å². The van der Waals surface area contributed by atoms with Crippen molar-refractivity contribution in [1.29, 1.82) is 0 Å². The second-order valence-electron chi connectivity index (χ2n) is 6.65. The van der Waals surface area contributed by atoms with Crippen molar-refractivity contribution >= 4 is 11.7 Å². The molecule has 0 saturated heterocycles. The van der Waals surface area contributed by atoms with E-state index in [4.69, 9.17) is 0 Å². The SMILES string of the molecule is CCCN1C(=O)C(O)=C(C(=O)C(C)(C)C)C1c1ccccc1. The van der Waals surface area contributed by atoms with E-state index in [1.165, 1.54) is 0 Å². The lowest BCUT2D eigenvalue weighted by Gasteiger charge is -2.28. The molecule has 1 heterocycles. The fourth-order valence-electron chi connectivity index (χ4n) is 2.74. The summed E-state index contributed by atoms with van der Waals surface area (Å²) in [6.07, 6.45) is 0.763. The minimum absolute atomic E-state index is 0.189. The highest BCUT2D eigenvalue weighted by molar-refractivity contribution is 6.10. The Morgan fingerprint density at radius 1 is 1.23 bits per heavy atom. The number of Topliss-reactive ketones (excluding diaryl/α,β-unsaturated/α-hetero) is 1. The third kappa shape index (κ3) is 2.78. The largest absolute Gasteiger partial charge is 0.503 e. The number of hydrogen-bond acceptors (Lipinski definition) is 3. The summed E-state index contributed by atoms with van der Waals surface area (Å²) in [7, 11) is 0. The van der Waals surface area contributed by atoms with Crippen LogP contribution in [0.1, 0.15) is 45.7 Å². The highest BCUT2D eigenvalue weighted by Crippen LogP contribution is 2.40. The molecule has 1 unspecified atom stereocenters. The zero-order chi connectivity index (χ0) is 16.5. The molecule has 22 heavy (non-hydrogen) atoms. The predicted molar refractivity (Wildman–Crippen MR) is 85.3 cm³/mol. The van der Waals surface area contributed by atoms with Gasteiger partial charge in [0.15, 0.2) is 11.5 Å². The van der Waals surface area contributed by atoms with Crippen LogP contribution in [-0.2, 0) is 9.59 Å². The standard InChI is InChI=1S/C18H23NO3/c1-5-11-19-14(12-9-7-6-8-10-12)13(15(20)17(19)22)16(21)18(2,3)4/h6-10,14,20H,5,11H2,1-4H3. The summed E-state index contributed by atoms with van der Waals surface area (Å²) in [6.45, 7) is 7.86. The average Bonchev–Trinajstić information content (AvgIpc) is 2.71. The summed E-state index contributed by atoms with van der Waals surface area (Å²) >= 11 is 0. The Bertz CT molecular complexity index is 611. The number of aliphatic hydroxyl groups excluding tert-OH is 1. The van der Waals surface area contributed by atoms with Gasteiger partial charge in [0.25, 0.3) is 5.91 Å². The zero-order valence-electron chi connectivity index (χ0n) is 13.6. The number of nitrogens with zero attached hydrogens (tertiary/aromatic N) is 1. The van der Waals surface area contributed by atoms with Crippen LogP contribution in [0.4, 0.5) is 0 Å². The zero-order valence-corrected chi connectivity index (χ0v) is 13.6. The van der Waals surface area contributed by atoms with Crippen molar-refractivity contribution in [2.45, 2.75) is 40.2 Å². The number of rotatable bonds is 4. The summed E-state index contributed by atoms with van der Waals surface area (Å²) in [4.78, 5) is 26.7. The van der Waals surface area contributed by atoms with Crippen molar-refractivity contribution in [3.63, 3.8) is 0 Å². The second kappa shape index (κ2) is 5.95. The minimum Gasteiger partial charge on any atom is -0.503 e. The van der Waals surface area contributed by atoms with Crippen LogP contribution in [0.3, 0.4) is 0 Å². The van der Waals surface area contributed by atoms with E-state index in [0.717, 1.165) is 12.0 Å². The number of ketones is 1. The van der Waals surface area contributed by atoms with Crippen LogP contribution in [0.2, 0.25) is 0 Å². The predicted octanol–water partition coefficient (Wildman–Crippen LogP) is 3.41. The molecule has 1 amide bonds. The van der Waals surface area contributed by atoms with Crippen LogP contribution in [0.5, 0.6) is 0 Å². The van der Waals surface area contributed by atoms with Crippen molar-refractivity contribution in [3.05, 3.63) is 47.2 Å². The maximum absolute atomic E-state index is 12.8. The Labute approximate surface area is 131 Å². The molecule has 1 aromatic carbocycles. The van der Waals surface area contributed by atoms with Gasteiger partial charge in [0.2, 0.25) is 0 Å². The van der Waals surface area contributed by atoms with Gasteiger partial charge in [-0.2, -0.15) is 0 Å². The highest BCUT2D eigenvalue weighted by Gasteiger charge is 2.45. The molecule has 0 aliphatic carbocycles. The molecular formula is C18H23NO3. The Hall–Kier alpha value is -2.10. The number of carbonyl (C=O) groups excluding carboxylic acids is 2. The lowest BCUT2D eigenvalue weighted by Crippen LogP contribution is -2.33. The molecule has 1 aliphatic rings. The quantitative estimate of drug-likeness (QED) is 0.927. The van der Waals surface area contributed by atoms with Gasteiger partial charge >= 0.3 is 0 Å². The molecule has 0 fully saturated rings. The molecule has 4 nitrogen and oxygen atoms in total. The summed E-state index contributed by atoms with van der Waals surface area (Å²) in [5.74, 6) is -1.05. The first-order chi connectivity index (χ1) is 10.3. The molecule has 1 aromatic rings. The smallest absolute Gasteiger partial charge is 0.290 e. The summed E-state index contributed by atoms with van der Waals surface area (Å²) in [6, 6.07) is 8.90. The van der Waals surface area contributed by atoms with Crippen LogP contribution in [0.15, 0.2) is 41.7 Å². The summed E-state index contributed by atoms with van der Waals surface area (Å²) in [5, 5.41) is 10.3. The normalized spacial score (nSPS) is 19.0. The molecular weight excluding hydrogens is 278 g/mol. The molecule has 0 radical (unpaired) electrons. The average molecular weight is 301 g/mol. The third-order valence-corrected chi connectivity index (χ3v) is 3.81. The Kier molecular flexibility index (Phi) is 4.40. The molecule has 1 aliphatic heterocycles.